The highest BCUT2D eigenvalue weighted by Gasteiger charge is 2.42. The molecule has 0 spiro atoms. The standard InChI is InChI=1S/C10H17NO4/c1-10(2,3)15-9(13)11-6-7(11)5-8(12)14-4/h7H,5-6H2,1-4H3/t7-,11?/m0/s1. The topological polar surface area (TPSA) is 55.6 Å². The maximum absolute atomic E-state index is 11.5. The summed E-state index contributed by atoms with van der Waals surface area (Å²) >= 11 is 0. The molecule has 0 aromatic rings. The van der Waals surface area contributed by atoms with Crippen molar-refractivity contribution >= 4 is 12.1 Å². The minimum Gasteiger partial charge on any atom is -0.469 e. The summed E-state index contributed by atoms with van der Waals surface area (Å²) in [5.74, 6) is -0.300. The van der Waals surface area contributed by atoms with Crippen LogP contribution in [0.5, 0.6) is 0 Å². The van der Waals surface area contributed by atoms with Gasteiger partial charge in [-0.3, -0.25) is 4.79 Å². The molecule has 1 heterocycles. The number of amides is 1. The van der Waals surface area contributed by atoms with Crippen molar-refractivity contribution in [1.29, 1.82) is 0 Å². The maximum atomic E-state index is 11.5. The highest BCUT2D eigenvalue weighted by Crippen LogP contribution is 2.24. The molecule has 5 nitrogen and oxygen atoms in total. The van der Waals surface area contributed by atoms with Crippen LogP contribution in [0.25, 0.3) is 0 Å². The SMILES string of the molecule is COC(=O)C[C@H]1CN1C(=O)OC(C)(C)C. The summed E-state index contributed by atoms with van der Waals surface area (Å²) in [4.78, 5) is 23.9. The van der Waals surface area contributed by atoms with E-state index in [1.54, 1.807) is 0 Å². The zero-order valence-electron chi connectivity index (χ0n) is 9.57. The van der Waals surface area contributed by atoms with Crippen molar-refractivity contribution in [2.75, 3.05) is 13.7 Å². The Morgan fingerprint density at radius 2 is 2.00 bits per heavy atom. The Morgan fingerprint density at radius 3 is 2.47 bits per heavy atom. The van der Waals surface area contributed by atoms with Crippen LogP contribution in [0.4, 0.5) is 4.79 Å². The molecule has 5 heteroatoms. The molecule has 1 aliphatic heterocycles. The zero-order chi connectivity index (χ0) is 11.6. The number of hydrogen-bond donors (Lipinski definition) is 0. The monoisotopic (exact) mass is 215 g/mol. The average molecular weight is 215 g/mol. The lowest BCUT2D eigenvalue weighted by Crippen LogP contribution is -2.28. The van der Waals surface area contributed by atoms with Gasteiger partial charge in [0.25, 0.3) is 0 Å². The van der Waals surface area contributed by atoms with E-state index in [1.807, 2.05) is 20.8 Å². The van der Waals surface area contributed by atoms with Crippen LogP contribution in [0.15, 0.2) is 0 Å². The third-order valence-electron chi connectivity index (χ3n) is 1.97. The molecule has 0 aromatic carbocycles. The molecule has 0 unspecified atom stereocenters. The van der Waals surface area contributed by atoms with E-state index in [9.17, 15) is 9.59 Å². The summed E-state index contributed by atoms with van der Waals surface area (Å²) in [5, 5.41) is 0. The van der Waals surface area contributed by atoms with Gasteiger partial charge in [-0.05, 0) is 20.8 Å². The molecule has 0 bridgehead atoms. The van der Waals surface area contributed by atoms with Gasteiger partial charge in [0.05, 0.1) is 19.6 Å². The Labute approximate surface area is 89.3 Å². The summed E-state index contributed by atoms with van der Waals surface area (Å²) in [6.07, 6.45) is -0.119. The Morgan fingerprint density at radius 1 is 1.40 bits per heavy atom. The predicted molar refractivity (Wildman–Crippen MR) is 53.4 cm³/mol. The molecular formula is C10H17NO4. The van der Waals surface area contributed by atoms with Gasteiger partial charge in [0.2, 0.25) is 0 Å². The summed E-state index contributed by atoms with van der Waals surface area (Å²) in [6, 6.07) is -0.0488. The van der Waals surface area contributed by atoms with Gasteiger partial charge in [-0.15, -0.1) is 0 Å². The second-order valence-electron chi connectivity index (χ2n) is 4.57. The first-order valence-electron chi connectivity index (χ1n) is 4.90. The molecule has 0 aliphatic carbocycles. The van der Waals surface area contributed by atoms with Crippen molar-refractivity contribution in [1.82, 2.24) is 4.90 Å². The Bertz CT molecular complexity index is 269. The van der Waals surface area contributed by atoms with Crippen LogP contribution < -0.4 is 0 Å². The van der Waals surface area contributed by atoms with E-state index in [2.05, 4.69) is 4.74 Å². The average Bonchev–Trinajstić information content (AvgIpc) is 2.80. The second-order valence-corrected chi connectivity index (χ2v) is 4.57. The first kappa shape index (κ1) is 11.8. The first-order valence-corrected chi connectivity index (χ1v) is 4.90. The van der Waals surface area contributed by atoms with Crippen LogP contribution in [0.2, 0.25) is 0 Å². The number of esters is 1. The minimum absolute atomic E-state index is 0.0488. The Kier molecular flexibility index (Phi) is 3.21. The van der Waals surface area contributed by atoms with Crippen molar-refractivity contribution in [2.45, 2.75) is 38.8 Å². The normalized spacial score (nSPS) is 19.7. The van der Waals surface area contributed by atoms with Crippen LogP contribution in [-0.2, 0) is 14.3 Å². The van der Waals surface area contributed by atoms with E-state index in [-0.39, 0.29) is 24.5 Å². The fourth-order valence-electron chi connectivity index (χ4n) is 1.17. The van der Waals surface area contributed by atoms with E-state index in [4.69, 9.17) is 4.74 Å². The third kappa shape index (κ3) is 3.77. The highest BCUT2D eigenvalue weighted by atomic mass is 16.6. The molecule has 86 valence electrons. The minimum atomic E-state index is -0.491. The molecule has 0 aromatic heterocycles. The molecule has 1 fully saturated rings. The number of carbonyl (C=O) groups excluding carboxylic acids is 2. The van der Waals surface area contributed by atoms with E-state index in [0.29, 0.717) is 6.54 Å². The summed E-state index contributed by atoms with van der Waals surface area (Å²) in [6.45, 7) is 6.00. The van der Waals surface area contributed by atoms with Crippen LogP contribution in [-0.4, -0.2) is 42.3 Å². The lowest BCUT2D eigenvalue weighted by atomic mass is 10.2. The van der Waals surface area contributed by atoms with Crippen molar-refractivity contribution in [3.8, 4) is 0 Å². The molecule has 1 atom stereocenters. The number of ether oxygens (including phenoxy) is 2. The van der Waals surface area contributed by atoms with Gasteiger partial charge in [0.1, 0.15) is 5.60 Å². The van der Waals surface area contributed by atoms with Gasteiger partial charge >= 0.3 is 12.1 Å². The maximum Gasteiger partial charge on any atom is 0.410 e. The van der Waals surface area contributed by atoms with Crippen molar-refractivity contribution in [3.05, 3.63) is 0 Å². The number of hydrogen-bond acceptors (Lipinski definition) is 4. The molecule has 0 N–H and O–H groups in total. The van der Waals surface area contributed by atoms with Gasteiger partial charge < -0.3 is 14.4 Å². The fourth-order valence-corrected chi connectivity index (χ4v) is 1.17. The van der Waals surface area contributed by atoms with Gasteiger partial charge in [-0.25, -0.2) is 4.79 Å². The highest BCUT2D eigenvalue weighted by molar-refractivity contribution is 5.75. The fraction of sp³-hybridized carbons (Fsp3) is 0.800. The predicted octanol–water partition coefficient (Wildman–Crippen LogP) is 1.17. The van der Waals surface area contributed by atoms with E-state index in [0.717, 1.165) is 0 Å². The van der Waals surface area contributed by atoms with Gasteiger partial charge in [0, 0.05) is 6.54 Å². The largest absolute Gasteiger partial charge is 0.469 e. The summed E-state index contributed by atoms with van der Waals surface area (Å²) in [7, 11) is 1.34. The number of rotatable bonds is 2. The summed E-state index contributed by atoms with van der Waals surface area (Å²) < 4.78 is 9.65. The van der Waals surface area contributed by atoms with Crippen LogP contribution in [0.1, 0.15) is 27.2 Å². The molecule has 15 heavy (non-hydrogen) atoms. The van der Waals surface area contributed by atoms with Crippen molar-refractivity contribution in [2.24, 2.45) is 0 Å². The van der Waals surface area contributed by atoms with Crippen molar-refractivity contribution < 1.29 is 19.1 Å². The molecule has 1 amide bonds. The lowest BCUT2D eigenvalue weighted by Gasteiger charge is -2.19. The lowest BCUT2D eigenvalue weighted by molar-refractivity contribution is -0.140. The van der Waals surface area contributed by atoms with Crippen LogP contribution >= 0.6 is 0 Å². The van der Waals surface area contributed by atoms with E-state index >= 15 is 0 Å². The molecule has 1 aliphatic rings. The number of methoxy groups -OCH3 is 1. The molecule has 0 radical (unpaired) electrons. The Hall–Kier alpha value is -1.26. The van der Waals surface area contributed by atoms with Gasteiger partial charge in [-0.1, -0.05) is 0 Å². The van der Waals surface area contributed by atoms with Gasteiger partial charge in [0.15, 0.2) is 0 Å². The Balaban J connectivity index is 2.31. The molecule has 1 saturated heterocycles. The quantitative estimate of drug-likeness (QED) is 0.512. The zero-order valence-corrected chi connectivity index (χ0v) is 9.57. The third-order valence-corrected chi connectivity index (χ3v) is 1.97. The number of carbonyl (C=O) groups is 2. The van der Waals surface area contributed by atoms with E-state index in [1.165, 1.54) is 12.0 Å². The first-order chi connectivity index (χ1) is 6.83. The second kappa shape index (κ2) is 4.08. The van der Waals surface area contributed by atoms with Crippen LogP contribution in [0.3, 0.4) is 0 Å². The summed E-state index contributed by atoms with van der Waals surface area (Å²) in [5.41, 5.74) is -0.491. The van der Waals surface area contributed by atoms with Crippen molar-refractivity contribution in [3.63, 3.8) is 0 Å². The van der Waals surface area contributed by atoms with Gasteiger partial charge in [-0.2, -0.15) is 0 Å². The smallest absolute Gasteiger partial charge is 0.410 e. The number of nitrogens with zero attached hydrogens (tertiary/aromatic N) is 1. The molecular weight excluding hydrogens is 198 g/mol. The molecule has 1 rings (SSSR count). The van der Waals surface area contributed by atoms with E-state index < -0.39 is 5.60 Å². The van der Waals surface area contributed by atoms with Crippen LogP contribution in [0, 0.1) is 0 Å². The molecule has 0 saturated carbocycles.